The number of hydrogen-bond donors (Lipinski definition) is 1. The number of halogens is 3. The number of aromatic nitrogens is 2. The topological polar surface area (TPSA) is 97.6 Å². The zero-order chi connectivity index (χ0) is 22.7. The first kappa shape index (κ1) is 22.3. The van der Waals surface area contributed by atoms with Crippen LogP contribution in [0.2, 0.25) is 0 Å². The van der Waals surface area contributed by atoms with Gasteiger partial charge in [-0.15, -0.1) is 0 Å². The highest BCUT2D eigenvalue weighted by Crippen LogP contribution is 2.30. The molecule has 11 heteroatoms. The number of carbonyl (C=O) groups is 2. The second-order valence-electron chi connectivity index (χ2n) is 7.95. The van der Waals surface area contributed by atoms with E-state index in [1.54, 1.807) is 0 Å². The minimum Gasteiger partial charge on any atom is -0.377 e. The van der Waals surface area contributed by atoms with Gasteiger partial charge in [-0.3, -0.25) is 9.59 Å². The van der Waals surface area contributed by atoms with Gasteiger partial charge in [-0.1, -0.05) is 30.1 Å². The Hall–Kier alpha value is -2.95. The maximum Gasteiger partial charge on any atom is 0.471 e. The molecule has 1 aliphatic heterocycles. The minimum atomic E-state index is -4.72. The second-order valence-corrected chi connectivity index (χ2v) is 7.95. The first-order valence-corrected chi connectivity index (χ1v) is 10.5. The quantitative estimate of drug-likeness (QED) is 0.749. The maximum atomic E-state index is 12.8. The van der Waals surface area contributed by atoms with Crippen molar-refractivity contribution in [3.05, 3.63) is 35.7 Å². The molecule has 1 aromatic carbocycles. The standard InChI is InChI=1S/C21H23F3N4O4/c22-21(23,24)20-26-17(27-32-20)13-5-7-14(8-6-13)18(29)25-11-16-12-31-10-9-28(16)19(30)15-3-1-2-4-15/h5-8,15-16H,1-4,9-12H2,(H,25,29)/t16-/m1/s1. The molecule has 8 nitrogen and oxygen atoms in total. The van der Waals surface area contributed by atoms with Crippen LogP contribution >= 0.6 is 0 Å². The molecule has 4 rings (SSSR count). The van der Waals surface area contributed by atoms with Gasteiger partial charge in [0.05, 0.1) is 19.3 Å². The molecule has 1 aliphatic carbocycles. The zero-order valence-electron chi connectivity index (χ0n) is 17.2. The second kappa shape index (κ2) is 9.27. The monoisotopic (exact) mass is 452 g/mol. The first-order valence-electron chi connectivity index (χ1n) is 10.5. The summed E-state index contributed by atoms with van der Waals surface area (Å²) in [4.78, 5) is 30.5. The smallest absolute Gasteiger partial charge is 0.377 e. The summed E-state index contributed by atoms with van der Waals surface area (Å²) >= 11 is 0. The minimum absolute atomic E-state index is 0.0573. The first-order chi connectivity index (χ1) is 15.3. The van der Waals surface area contributed by atoms with Gasteiger partial charge >= 0.3 is 12.1 Å². The molecule has 0 spiro atoms. The normalized spacial score (nSPS) is 19.8. The van der Waals surface area contributed by atoms with E-state index in [-0.39, 0.29) is 41.7 Å². The van der Waals surface area contributed by atoms with Crippen LogP contribution < -0.4 is 5.32 Å². The van der Waals surface area contributed by atoms with Crippen molar-refractivity contribution in [3.63, 3.8) is 0 Å². The fraction of sp³-hybridized carbons (Fsp3) is 0.524. The number of nitrogens with one attached hydrogen (secondary N) is 1. The Bertz CT molecular complexity index is 955. The van der Waals surface area contributed by atoms with Gasteiger partial charge in [-0.25, -0.2) is 0 Å². The molecule has 0 bridgehead atoms. The lowest BCUT2D eigenvalue weighted by Gasteiger charge is -2.37. The van der Waals surface area contributed by atoms with Crippen LogP contribution in [0.5, 0.6) is 0 Å². The lowest BCUT2D eigenvalue weighted by atomic mass is 10.0. The Morgan fingerprint density at radius 3 is 2.53 bits per heavy atom. The molecule has 0 radical (unpaired) electrons. The number of ether oxygens (including phenoxy) is 1. The molecule has 2 aliphatic rings. The van der Waals surface area contributed by atoms with Crippen LogP contribution in [0.3, 0.4) is 0 Å². The molecular formula is C21H23F3N4O4. The van der Waals surface area contributed by atoms with Crippen molar-refractivity contribution in [1.82, 2.24) is 20.4 Å². The van der Waals surface area contributed by atoms with Crippen molar-refractivity contribution < 1.29 is 32.0 Å². The Labute approximate surface area is 182 Å². The summed E-state index contributed by atoms with van der Waals surface area (Å²) in [6.07, 6.45) is -0.765. The van der Waals surface area contributed by atoms with Crippen LogP contribution in [-0.2, 0) is 15.7 Å². The number of hydrogen-bond acceptors (Lipinski definition) is 6. The number of alkyl halides is 3. The van der Waals surface area contributed by atoms with E-state index < -0.39 is 12.1 Å². The number of benzene rings is 1. The molecule has 32 heavy (non-hydrogen) atoms. The summed E-state index contributed by atoms with van der Waals surface area (Å²) in [5, 5.41) is 6.14. The SMILES string of the molecule is O=C(NC[C@@H]1COCCN1C(=O)C1CCCC1)c1ccc(-c2noc(C(F)(F)F)n2)cc1. The molecule has 1 saturated heterocycles. The van der Waals surface area contributed by atoms with Gasteiger partial charge in [0.25, 0.3) is 5.91 Å². The van der Waals surface area contributed by atoms with Gasteiger partial charge in [0, 0.05) is 30.1 Å². The van der Waals surface area contributed by atoms with E-state index in [1.807, 2.05) is 4.90 Å². The van der Waals surface area contributed by atoms with Crippen LogP contribution in [0, 0.1) is 5.92 Å². The van der Waals surface area contributed by atoms with Crippen molar-refractivity contribution in [2.24, 2.45) is 5.92 Å². The molecule has 1 N–H and O–H groups in total. The number of morpholine rings is 1. The van der Waals surface area contributed by atoms with E-state index in [4.69, 9.17) is 4.74 Å². The average molecular weight is 452 g/mol. The van der Waals surface area contributed by atoms with Crippen molar-refractivity contribution in [2.45, 2.75) is 37.9 Å². The predicted octanol–water partition coefficient (Wildman–Crippen LogP) is 2.90. The Morgan fingerprint density at radius 2 is 1.88 bits per heavy atom. The van der Waals surface area contributed by atoms with Gasteiger partial charge in [-0.2, -0.15) is 18.2 Å². The maximum absolute atomic E-state index is 12.8. The summed E-state index contributed by atoms with van der Waals surface area (Å²) in [6.45, 7) is 1.60. The van der Waals surface area contributed by atoms with Crippen LogP contribution in [-0.4, -0.2) is 59.2 Å². The molecule has 2 amide bonds. The highest BCUT2D eigenvalue weighted by atomic mass is 19.4. The molecule has 172 valence electrons. The highest BCUT2D eigenvalue weighted by Gasteiger charge is 2.38. The lowest BCUT2D eigenvalue weighted by Crippen LogP contribution is -2.54. The van der Waals surface area contributed by atoms with E-state index in [2.05, 4.69) is 20.0 Å². The van der Waals surface area contributed by atoms with Gasteiger partial charge < -0.3 is 19.5 Å². The van der Waals surface area contributed by atoms with Gasteiger partial charge in [0.1, 0.15) is 0 Å². The molecule has 1 atom stereocenters. The van der Waals surface area contributed by atoms with Crippen molar-refractivity contribution >= 4 is 11.8 Å². The average Bonchev–Trinajstić information content (AvgIpc) is 3.50. The van der Waals surface area contributed by atoms with Crippen LogP contribution in [0.4, 0.5) is 13.2 Å². The van der Waals surface area contributed by atoms with E-state index in [0.29, 0.717) is 25.3 Å². The van der Waals surface area contributed by atoms with Gasteiger partial charge in [0.2, 0.25) is 11.7 Å². The Balaban J connectivity index is 1.36. The fourth-order valence-corrected chi connectivity index (χ4v) is 4.06. The highest BCUT2D eigenvalue weighted by molar-refractivity contribution is 5.94. The zero-order valence-corrected chi connectivity index (χ0v) is 17.2. The van der Waals surface area contributed by atoms with E-state index in [0.717, 1.165) is 25.7 Å². The van der Waals surface area contributed by atoms with Crippen LogP contribution in [0.1, 0.15) is 41.9 Å². The summed E-state index contributed by atoms with van der Waals surface area (Å²) in [5.74, 6) is -1.82. The molecule has 2 aromatic rings. The summed E-state index contributed by atoms with van der Waals surface area (Å²) < 4.78 is 47.6. The molecule has 1 aromatic heterocycles. The Morgan fingerprint density at radius 1 is 1.16 bits per heavy atom. The number of nitrogens with zero attached hydrogens (tertiary/aromatic N) is 3. The third-order valence-corrected chi connectivity index (χ3v) is 5.79. The fourth-order valence-electron chi connectivity index (χ4n) is 4.06. The molecule has 1 saturated carbocycles. The number of amides is 2. The van der Waals surface area contributed by atoms with Crippen molar-refractivity contribution in [1.29, 1.82) is 0 Å². The van der Waals surface area contributed by atoms with Gasteiger partial charge in [-0.05, 0) is 25.0 Å². The van der Waals surface area contributed by atoms with Gasteiger partial charge in [0.15, 0.2) is 0 Å². The van der Waals surface area contributed by atoms with E-state index in [1.165, 1.54) is 24.3 Å². The van der Waals surface area contributed by atoms with Crippen LogP contribution in [0.25, 0.3) is 11.4 Å². The lowest BCUT2D eigenvalue weighted by molar-refractivity contribution is -0.159. The number of carbonyl (C=O) groups excluding carboxylic acids is 2. The van der Waals surface area contributed by atoms with Crippen LogP contribution in [0.15, 0.2) is 28.8 Å². The molecule has 0 unspecified atom stereocenters. The van der Waals surface area contributed by atoms with Crippen molar-refractivity contribution in [3.8, 4) is 11.4 Å². The summed E-state index contributed by atoms with van der Waals surface area (Å²) in [7, 11) is 0. The Kier molecular flexibility index (Phi) is 6.45. The van der Waals surface area contributed by atoms with E-state index in [9.17, 15) is 22.8 Å². The predicted molar refractivity (Wildman–Crippen MR) is 105 cm³/mol. The summed E-state index contributed by atoms with van der Waals surface area (Å²) in [6, 6.07) is 5.58. The largest absolute Gasteiger partial charge is 0.471 e. The molecule has 2 heterocycles. The third kappa shape index (κ3) is 4.93. The van der Waals surface area contributed by atoms with E-state index >= 15 is 0 Å². The third-order valence-electron chi connectivity index (χ3n) is 5.79. The molecule has 2 fully saturated rings. The summed E-state index contributed by atoms with van der Waals surface area (Å²) in [5.41, 5.74) is 0.605. The van der Waals surface area contributed by atoms with Crippen molar-refractivity contribution in [2.75, 3.05) is 26.3 Å². The molecular weight excluding hydrogens is 429 g/mol. The number of rotatable bonds is 5.